The van der Waals surface area contributed by atoms with E-state index in [0.29, 0.717) is 5.92 Å². The number of rotatable bonds is 2. The number of halogens is 2. The van der Waals surface area contributed by atoms with Gasteiger partial charge in [-0.3, -0.25) is 0 Å². The standard InChI is InChI=1S/C14H19ClIN/c15-11-7-8-13(16)12(9-11)14(17)10-5-3-1-2-4-6-10/h7-10,14H,1-6,17H2. The molecule has 17 heavy (non-hydrogen) atoms. The fourth-order valence-corrected chi connectivity index (χ4v) is 3.57. The summed E-state index contributed by atoms with van der Waals surface area (Å²) in [6, 6.07) is 6.19. The summed E-state index contributed by atoms with van der Waals surface area (Å²) < 4.78 is 1.24. The van der Waals surface area contributed by atoms with Crippen LogP contribution < -0.4 is 5.73 Å². The molecule has 0 amide bonds. The van der Waals surface area contributed by atoms with E-state index < -0.39 is 0 Å². The summed E-state index contributed by atoms with van der Waals surface area (Å²) in [7, 11) is 0. The lowest BCUT2D eigenvalue weighted by Gasteiger charge is -2.24. The number of benzene rings is 1. The summed E-state index contributed by atoms with van der Waals surface area (Å²) in [6.07, 6.45) is 7.93. The van der Waals surface area contributed by atoms with Gasteiger partial charge in [0.25, 0.3) is 0 Å². The summed E-state index contributed by atoms with van der Waals surface area (Å²) in [5.74, 6) is 0.629. The SMILES string of the molecule is NC(c1cc(Cl)ccc1I)C1CCCCCC1. The molecule has 0 bridgehead atoms. The minimum absolute atomic E-state index is 0.152. The van der Waals surface area contributed by atoms with Crippen molar-refractivity contribution in [3.8, 4) is 0 Å². The van der Waals surface area contributed by atoms with Gasteiger partial charge >= 0.3 is 0 Å². The molecule has 1 unspecified atom stereocenters. The van der Waals surface area contributed by atoms with Gasteiger partial charge in [0.2, 0.25) is 0 Å². The van der Waals surface area contributed by atoms with Gasteiger partial charge in [-0.15, -0.1) is 0 Å². The molecule has 3 heteroatoms. The summed E-state index contributed by atoms with van der Waals surface area (Å²) >= 11 is 8.43. The predicted octanol–water partition coefficient (Wildman–Crippen LogP) is 4.91. The van der Waals surface area contributed by atoms with Crippen LogP contribution in [0.15, 0.2) is 18.2 Å². The van der Waals surface area contributed by atoms with Crippen molar-refractivity contribution in [2.75, 3.05) is 0 Å². The number of nitrogens with two attached hydrogens (primary N) is 1. The van der Waals surface area contributed by atoms with Gasteiger partial charge < -0.3 is 5.73 Å². The second kappa shape index (κ2) is 6.39. The fourth-order valence-electron chi connectivity index (χ4n) is 2.69. The highest BCUT2D eigenvalue weighted by Crippen LogP contribution is 2.34. The van der Waals surface area contributed by atoms with Crippen LogP contribution in [0.25, 0.3) is 0 Å². The molecule has 94 valence electrons. The van der Waals surface area contributed by atoms with Crippen molar-refractivity contribution in [2.24, 2.45) is 11.7 Å². The lowest BCUT2D eigenvalue weighted by molar-refractivity contribution is 0.381. The van der Waals surface area contributed by atoms with Crippen LogP contribution in [0.4, 0.5) is 0 Å². The van der Waals surface area contributed by atoms with E-state index in [1.165, 1.54) is 47.7 Å². The third-order valence-electron chi connectivity index (χ3n) is 3.72. The molecule has 0 aliphatic heterocycles. The van der Waals surface area contributed by atoms with Crippen molar-refractivity contribution < 1.29 is 0 Å². The molecule has 2 rings (SSSR count). The van der Waals surface area contributed by atoms with E-state index in [9.17, 15) is 0 Å². The van der Waals surface area contributed by atoms with Crippen LogP contribution in [0.3, 0.4) is 0 Å². The quantitative estimate of drug-likeness (QED) is 0.586. The number of hydrogen-bond acceptors (Lipinski definition) is 1. The normalized spacial score (nSPS) is 19.9. The molecule has 0 aromatic heterocycles. The summed E-state index contributed by atoms with van der Waals surface area (Å²) in [4.78, 5) is 0. The first kappa shape index (κ1) is 13.6. The van der Waals surface area contributed by atoms with Crippen LogP contribution in [0.2, 0.25) is 5.02 Å². The van der Waals surface area contributed by atoms with Gasteiger partial charge in [-0.2, -0.15) is 0 Å². The molecule has 1 fully saturated rings. The fraction of sp³-hybridized carbons (Fsp3) is 0.571. The third-order valence-corrected chi connectivity index (χ3v) is 4.94. The van der Waals surface area contributed by atoms with Crippen LogP contribution >= 0.6 is 34.2 Å². The van der Waals surface area contributed by atoms with Crippen LogP contribution in [-0.4, -0.2) is 0 Å². The maximum absolute atomic E-state index is 6.45. The lowest BCUT2D eigenvalue weighted by Crippen LogP contribution is -2.22. The average Bonchev–Trinajstić information content (AvgIpc) is 2.60. The first-order chi connectivity index (χ1) is 8.18. The Kier molecular flexibility index (Phi) is 5.12. The van der Waals surface area contributed by atoms with Crippen molar-refractivity contribution in [1.29, 1.82) is 0 Å². The highest BCUT2D eigenvalue weighted by atomic mass is 127. The first-order valence-electron chi connectivity index (χ1n) is 6.39. The molecule has 0 spiro atoms. The highest BCUT2D eigenvalue weighted by Gasteiger charge is 2.22. The monoisotopic (exact) mass is 363 g/mol. The lowest BCUT2D eigenvalue weighted by atomic mass is 9.88. The molecule has 1 aromatic carbocycles. The Morgan fingerprint density at radius 2 is 1.82 bits per heavy atom. The molecular weight excluding hydrogens is 345 g/mol. The second-order valence-corrected chi connectivity index (χ2v) is 6.54. The summed E-state index contributed by atoms with van der Waals surface area (Å²) in [6.45, 7) is 0. The molecule has 0 heterocycles. The molecule has 1 saturated carbocycles. The zero-order valence-electron chi connectivity index (χ0n) is 9.96. The molecule has 0 radical (unpaired) electrons. The maximum atomic E-state index is 6.45. The van der Waals surface area contributed by atoms with E-state index in [1.54, 1.807) is 0 Å². The van der Waals surface area contributed by atoms with Gasteiger partial charge in [0.05, 0.1) is 0 Å². The van der Waals surface area contributed by atoms with E-state index in [2.05, 4.69) is 28.7 Å². The van der Waals surface area contributed by atoms with Crippen LogP contribution in [-0.2, 0) is 0 Å². The largest absolute Gasteiger partial charge is 0.324 e. The van der Waals surface area contributed by atoms with Crippen LogP contribution in [0.1, 0.15) is 50.1 Å². The zero-order chi connectivity index (χ0) is 12.3. The minimum Gasteiger partial charge on any atom is -0.324 e. The van der Waals surface area contributed by atoms with Gasteiger partial charge in [0.15, 0.2) is 0 Å². The Bertz CT molecular complexity index is 372. The molecule has 1 aromatic rings. The minimum atomic E-state index is 0.152. The van der Waals surface area contributed by atoms with Gasteiger partial charge in [0.1, 0.15) is 0 Å². The predicted molar refractivity (Wildman–Crippen MR) is 82.3 cm³/mol. The van der Waals surface area contributed by atoms with Crippen LogP contribution in [0, 0.1) is 9.49 Å². The highest BCUT2D eigenvalue weighted by molar-refractivity contribution is 14.1. The summed E-state index contributed by atoms with van der Waals surface area (Å²) in [5, 5.41) is 0.796. The Hall–Kier alpha value is 0.200. The molecular formula is C14H19ClIN. The van der Waals surface area contributed by atoms with E-state index in [1.807, 2.05) is 12.1 Å². The Balaban J connectivity index is 2.16. The molecule has 1 aliphatic carbocycles. The number of hydrogen-bond donors (Lipinski definition) is 1. The topological polar surface area (TPSA) is 26.0 Å². The van der Waals surface area contributed by atoms with Gasteiger partial charge in [-0.1, -0.05) is 37.3 Å². The van der Waals surface area contributed by atoms with Gasteiger partial charge in [-0.25, -0.2) is 0 Å². The van der Waals surface area contributed by atoms with Crippen LogP contribution in [0.5, 0.6) is 0 Å². The third kappa shape index (κ3) is 3.58. The average molecular weight is 364 g/mol. The van der Waals surface area contributed by atoms with Crippen molar-refractivity contribution in [1.82, 2.24) is 0 Å². The Morgan fingerprint density at radius 3 is 2.47 bits per heavy atom. The van der Waals surface area contributed by atoms with E-state index >= 15 is 0 Å². The Labute approximate surface area is 122 Å². The summed E-state index contributed by atoms with van der Waals surface area (Å²) in [5.41, 5.74) is 7.67. The molecule has 1 nitrogen and oxygen atoms in total. The van der Waals surface area contributed by atoms with E-state index in [0.717, 1.165) is 5.02 Å². The Morgan fingerprint density at radius 1 is 1.18 bits per heavy atom. The molecule has 1 aliphatic rings. The van der Waals surface area contributed by atoms with Crippen molar-refractivity contribution >= 4 is 34.2 Å². The van der Waals surface area contributed by atoms with Crippen molar-refractivity contribution in [3.05, 3.63) is 32.4 Å². The zero-order valence-corrected chi connectivity index (χ0v) is 12.9. The first-order valence-corrected chi connectivity index (χ1v) is 7.84. The molecule has 2 N–H and O–H groups in total. The molecule has 1 atom stereocenters. The van der Waals surface area contributed by atoms with Gasteiger partial charge in [-0.05, 0) is 65.1 Å². The van der Waals surface area contributed by atoms with Crippen molar-refractivity contribution in [3.63, 3.8) is 0 Å². The maximum Gasteiger partial charge on any atom is 0.0410 e. The van der Waals surface area contributed by atoms with E-state index in [-0.39, 0.29) is 6.04 Å². The van der Waals surface area contributed by atoms with Gasteiger partial charge in [0, 0.05) is 14.6 Å². The van der Waals surface area contributed by atoms with E-state index in [4.69, 9.17) is 17.3 Å². The smallest absolute Gasteiger partial charge is 0.0410 e. The molecule has 0 saturated heterocycles. The second-order valence-electron chi connectivity index (χ2n) is 4.94. The van der Waals surface area contributed by atoms with Crippen molar-refractivity contribution in [2.45, 2.75) is 44.6 Å².